The van der Waals surface area contributed by atoms with Crippen molar-refractivity contribution in [2.75, 3.05) is 0 Å². The number of carbonyl (C=O) groups excluding carboxylic acids is 1. The molecule has 0 saturated heterocycles. The zero-order valence-electron chi connectivity index (χ0n) is 9.84. The van der Waals surface area contributed by atoms with Gasteiger partial charge in [0.15, 0.2) is 5.78 Å². The fraction of sp³-hybridized carbons (Fsp3) is 0.0714. The number of rotatable bonds is 2. The first kappa shape index (κ1) is 15.1. The van der Waals surface area contributed by atoms with Gasteiger partial charge in [-0.25, -0.2) is 0 Å². The minimum Gasteiger partial charge on any atom is -0.289 e. The lowest BCUT2D eigenvalue weighted by atomic mass is 10.0. The summed E-state index contributed by atoms with van der Waals surface area (Å²) >= 11 is 8.94. The van der Waals surface area contributed by atoms with Crippen LogP contribution in [0.5, 0.6) is 0 Å². The van der Waals surface area contributed by atoms with Gasteiger partial charge in [-0.3, -0.25) is 4.79 Å². The Morgan fingerprint density at radius 2 is 1.80 bits per heavy atom. The van der Waals surface area contributed by atoms with E-state index in [9.17, 15) is 18.0 Å². The molecule has 0 amide bonds. The summed E-state index contributed by atoms with van der Waals surface area (Å²) in [5.41, 5.74) is -0.620. The van der Waals surface area contributed by atoms with E-state index in [1.54, 1.807) is 0 Å². The lowest BCUT2D eigenvalue weighted by molar-refractivity contribution is -0.137. The van der Waals surface area contributed by atoms with Gasteiger partial charge in [0.05, 0.1) is 5.56 Å². The van der Waals surface area contributed by atoms with Crippen LogP contribution in [-0.4, -0.2) is 5.78 Å². The highest BCUT2D eigenvalue weighted by atomic mass is 79.9. The van der Waals surface area contributed by atoms with Gasteiger partial charge in [-0.05, 0) is 46.3 Å². The monoisotopic (exact) mass is 362 g/mol. The van der Waals surface area contributed by atoms with Crippen molar-refractivity contribution in [3.8, 4) is 0 Å². The molecule has 0 radical (unpaired) electrons. The van der Waals surface area contributed by atoms with E-state index in [1.165, 1.54) is 30.3 Å². The molecule has 6 heteroatoms. The Morgan fingerprint density at radius 1 is 1.10 bits per heavy atom. The third-order valence-electron chi connectivity index (χ3n) is 2.63. The van der Waals surface area contributed by atoms with Gasteiger partial charge >= 0.3 is 6.18 Å². The summed E-state index contributed by atoms with van der Waals surface area (Å²) in [5.74, 6) is -0.500. The van der Waals surface area contributed by atoms with Gasteiger partial charge in [0.1, 0.15) is 0 Å². The first-order valence-electron chi connectivity index (χ1n) is 5.46. The van der Waals surface area contributed by atoms with Crippen molar-refractivity contribution in [2.24, 2.45) is 0 Å². The Balaban J connectivity index is 2.44. The van der Waals surface area contributed by atoms with E-state index >= 15 is 0 Å². The zero-order valence-corrected chi connectivity index (χ0v) is 12.2. The third-order valence-corrected chi connectivity index (χ3v) is 3.52. The smallest absolute Gasteiger partial charge is 0.289 e. The number of alkyl halides is 3. The van der Waals surface area contributed by atoms with Crippen molar-refractivity contribution in [1.29, 1.82) is 0 Å². The van der Waals surface area contributed by atoms with Crippen LogP contribution >= 0.6 is 27.5 Å². The molecule has 0 aromatic heterocycles. The molecule has 0 aliphatic heterocycles. The van der Waals surface area contributed by atoms with Crippen LogP contribution in [0.15, 0.2) is 46.9 Å². The Labute approximate surface area is 126 Å². The summed E-state index contributed by atoms with van der Waals surface area (Å²) in [4.78, 5) is 12.2. The number of hydrogen-bond donors (Lipinski definition) is 0. The molecule has 2 rings (SSSR count). The third kappa shape index (κ3) is 3.22. The topological polar surface area (TPSA) is 17.1 Å². The lowest BCUT2D eigenvalue weighted by Crippen LogP contribution is -2.08. The SMILES string of the molecule is O=C(c1cccc(C(F)(F)F)c1)c1ccc(Cl)cc1Br. The van der Waals surface area contributed by atoms with Crippen LogP contribution in [0.25, 0.3) is 0 Å². The molecular formula is C14H7BrClF3O. The second-order valence-electron chi connectivity index (χ2n) is 4.03. The molecule has 2 aromatic rings. The lowest BCUT2D eigenvalue weighted by Gasteiger charge is -2.09. The number of carbonyl (C=O) groups is 1. The maximum atomic E-state index is 12.6. The average molecular weight is 364 g/mol. The molecule has 1 nitrogen and oxygen atoms in total. The highest BCUT2D eigenvalue weighted by molar-refractivity contribution is 9.10. The highest BCUT2D eigenvalue weighted by Gasteiger charge is 2.31. The number of halogens is 5. The predicted octanol–water partition coefficient (Wildman–Crippen LogP) is 5.35. The molecule has 20 heavy (non-hydrogen) atoms. The van der Waals surface area contributed by atoms with Crippen molar-refractivity contribution in [3.63, 3.8) is 0 Å². The zero-order chi connectivity index (χ0) is 14.9. The van der Waals surface area contributed by atoms with Crippen LogP contribution in [0.3, 0.4) is 0 Å². The largest absolute Gasteiger partial charge is 0.416 e. The Bertz CT molecular complexity index is 668. The van der Waals surface area contributed by atoms with Crippen molar-refractivity contribution in [1.82, 2.24) is 0 Å². The number of ketones is 1. The maximum absolute atomic E-state index is 12.6. The molecular weight excluding hydrogens is 357 g/mol. The van der Waals surface area contributed by atoms with Gasteiger partial charge < -0.3 is 0 Å². The molecule has 0 aliphatic rings. The quantitative estimate of drug-likeness (QED) is 0.657. The minimum absolute atomic E-state index is 0.0251. The van der Waals surface area contributed by atoms with Crippen molar-refractivity contribution < 1.29 is 18.0 Å². The predicted molar refractivity (Wildman–Crippen MR) is 74.0 cm³/mol. The fourth-order valence-electron chi connectivity index (χ4n) is 1.67. The van der Waals surface area contributed by atoms with E-state index in [-0.39, 0.29) is 11.1 Å². The van der Waals surface area contributed by atoms with Gasteiger partial charge in [0.2, 0.25) is 0 Å². The summed E-state index contributed by atoms with van der Waals surface area (Å²) < 4.78 is 38.3. The van der Waals surface area contributed by atoms with Crippen LogP contribution in [0.2, 0.25) is 5.02 Å². The van der Waals surface area contributed by atoms with Gasteiger partial charge in [0.25, 0.3) is 0 Å². The average Bonchev–Trinajstić information content (AvgIpc) is 2.37. The second-order valence-corrected chi connectivity index (χ2v) is 5.32. The Morgan fingerprint density at radius 3 is 2.40 bits per heavy atom. The van der Waals surface area contributed by atoms with E-state index in [0.29, 0.717) is 9.50 Å². The fourth-order valence-corrected chi connectivity index (χ4v) is 2.53. The van der Waals surface area contributed by atoms with Crippen molar-refractivity contribution in [3.05, 3.63) is 68.7 Å². The Kier molecular flexibility index (Phi) is 4.20. The van der Waals surface area contributed by atoms with Crippen LogP contribution in [0.1, 0.15) is 21.5 Å². The van der Waals surface area contributed by atoms with E-state index in [0.717, 1.165) is 12.1 Å². The molecule has 0 unspecified atom stereocenters. The number of benzene rings is 2. The minimum atomic E-state index is -4.48. The standard InChI is InChI=1S/C14H7BrClF3O/c15-12-7-10(16)4-5-11(12)13(20)8-2-1-3-9(6-8)14(17,18)19/h1-7H. The normalized spacial score (nSPS) is 11.4. The van der Waals surface area contributed by atoms with Gasteiger partial charge in [0, 0.05) is 20.6 Å². The molecule has 0 spiro atoms. The van der Waals surface area contributed by atoms with Crippen LogP contribution in [0.4, 0.5) is 13.2 Å². The first-order valence-corrected chi connectivity index (χ1v) is 6.63. The van der Waals surface area contributed by atoms with Crippen LogP contribution in [-0.2, 0) is 6.18 Å². The summed E-state index contributed by atoms with van der Waals surface area (Å²) in [6, 6.07) is 8.81. The molecule has 0 aliphatic carbocycles. The molecule has 2 aromatic carbocycles. The first-order chi connectivity index (χ1) is 9.29. The van der Waals surface area contributed by atoms with E-state index in [1.807, 2.05) is 0 Å². The molecule has 0 atom stereocenters. The number of hydrogen-bond acceptors (Lipinski definition) is 1. The molecule has 0 fully saturated rings. The van der Waals surface area contributed by atoms with Gasteiger partial charge in [-0.15, -0.1) is 0 Å². The summed E-state index contributed by atoms with van der Waals surface area (Å²) in [6.07, 6.45) is -4.48. The van der Waals surface area contributed by atoms with Crippen LogP contribution < -0.4 is 0 Å². The summed E-state index contributed by atoms with van der Waals surface area (Å²) in [5, 5.41) is 0.428. The highest BCUT2D eigenvalue weighted by Crippen LogP contribution is 2.31. The van der Waals surface area contributed by atoms with Crippen LogP contribution in [0, 0.1) is 0 Å². The molecule has 0 N–H and O–H groups in total. The van der Waals surface area contributed by atoms with Crippen molar-refractivity contribution in [2.45, 2.75) is 6.18 Å². The maximum Gasteiger partial charge on any atom is 0.416 e. The summed E-state index contributed by atoms with van der Waals surface area (Å²) in [7, 11) is 0. The molecule has 0 bridgehead atoms. The molecule has 0 saturated carbocycles. The second kappa shape index (κ2) is 5.58. The van der Waals surface area contributed by atoms with Gasteiger partial charge in [-0.2, -0.15) is 13.2 Å². The van der Waals surface area contributed by atoms with Crippen molar-refractivity contribution >= 4 is 33.3 Å². The molecule has 104 valence electrons. The Hall–Kier alpha value is -1.33. The van der Waals surface area contributed by atoms with E-state index in [2.05, 4.69) is 15.9 Å². The van der Waals surface area contributed by atoms with E-state index < -0.39 is 17.5 Å². The summed E-state index contributed by atoms with van der Waals surface area (Å²) in [6.45, 7) is 0. The molecule has 0 heterocycles. The van der Waals surface area contributed by atoms with E-state index in [4.69, 9.17) is 11.6 Å². The van der Waals surface area contributed by atoms with Gasteiger partial charge in [-0.1, -0.05) is 23.7 Å².